The zero-order chi connectivity index (χ0) is 15.4. The highest BCUT2D eigenvalue weighted by Gasteiger charge is 2.31. The molecule has 0 saturated carbocycles. The topological polar surface area (TPSA) is 40.6 Å². The highest BCUT2D eigenvalue weighted by molar-refractivity contribution is 5.79. The van der Waals surface area contributed by atoms with Crippen LogP contribution in [0, 0.1) is 0 Å². The highest BCUT2D eigenvalue weighted by atomic mass is 16.2. The molecule has 0 saturated heterocycles. The van der Waals surface area contributed by atoms with E-state index in [4.69, 9.17) is 0 Å². The molecule has 1 heterocycles. The molecule has 1 unspecified atom stereocenters. The average Bonchev–Trinajstić information content (AvgIpc) is 2.48. The van der Waals surface area contributed by atoms with Crippen molar-refractivity contribution in [3.8, 4) is 0 Å². The Hall–Kier alpha value is -1.84. The maximum absolute atomic E-state index is 12.4. The van der Waals surface area contributed by atoms with Crippen LogP contribution in [-0.4, -0.2) is 41.2 Å². The standard InChI is InChI=1S/C17H24N2O2/c1-4-18(5-2)17(21)12-16-15-9-7-6-8-14(15)10-11-19(16)13(3)20/h6-9,16H,4-5,10-12H2,1-3H3. The minimum atomic E-state index is -0.124. The second kappa shape index (κ2) is 6.74. The molecule has 0 aliphatic carbocycles. The number of carbonyl (C=O) groups excluding carboxylic acids is 2. The molecular formula is C17H24N2O2. The summed E-state index contributed by atoms with van der Waals surface area (Å²) in [5.74, 6) is 0.162. The van der Waals surface area contributed by atoms with Crippen molar-refractivity contribution in [2.24, 2.45) is 0 Å². The van der Waals surface area contributed by atoms with E-state index in [1.54, 1.807) is 6.92 Å². The van der Waals surface area contributed by atoms with Gasteiger partial charge in [0.1, 0.15) is 0 Å². The minimum Gasteiger partial charge on any atom is -0.343 e. The van der Waals surface area contributed by atoms with Crippen molar-refractivity contribution in [2.75, 3.05) is 19.6 Å². The SMILES string of the molecule is CCN(CC)C(=O)CC1c2ccccc2CCN1C(C)=O. The van der Waals surface area contributed by atoms with E-state index in [1.807, 2.05) is 41.8 Å². The molecule has 1 aromatic carbocycles. The number of hydrogen-bond acceptors (Lipinski definition) is 2. The summed E-state index contributed by atoms with van der Waals surface area (Å²) < 4.78 is 0. The third-order valence-electron chi connectivity index (χ3n) is 4.30. The van der Waals surface area contributed by atoms with Gasteiger partial charge in [0.05, 0.1) is 12.5 Å². The first-order valence-corrected chi connectivity index (χ1v) is 7.71. The van der Waals surface area contributed by atoms with Crippen LogP contribution >= 0.6 is 0 Å². The Balaban J connectivity index is 2.28. The lowest BCUT2D eigenvalue weighted by Crippen LogP contribution is -2.42. The smallest absolute Gasteiger partial charge is 0.224 e. The molecule has 0 fully saturated rings. The van der Waals surface area contributed by atoms with Crippen LogP contribution in [0.2, 0.25) is 0 Å². The first-order chi connectivity index (χ1) is 10.1. The van der Waals surface area contributed by atoms with E-state index in [0.29, 0.717) is 26.1 Å². The molecule has 21 heavy (non-hydrogen) atoms. The van der Waals surface area contributed by atoms with Crippen molar-refractivity contribution in [3.63, 3.8) is 0 Å². The molecule has 0 radical (unpaired) electrons. The maximum atomic E-state index is 12.4. The van der Waals surface area contributed by atoms with Gasteiger partial charge in [-0.25, -0.2) is 0 Å². The second-order valence-corrected chi connectivity index (χ2v) is 5.45. The van der Waals surface area contributed by atoms with Crippen molar-refractivity contribution in [1.29, 1.82) is 0 Å². The number of benzene rings is 1. The van der Waals surface area contributed by atoms with Crippen LogP contribution in [0.5, 0.6) is 0 Å². The molecule has 114 valence electrons. The Labute approximate surface area is 126 Å². The van der Waals surface area contributed by atoms with Gasteiger partial charge in [0.15, 0.2) is 0 Å². The highest BCUT2D eigenvalue weighted by Crippen LogP contribution is 2.32. The van der Waals surface area contributed by atoms with Gasteiger partial charge in [-0.1, -0.05) is 24.3 Å². The van der Waals surface area contributed by atoms with E-state index >= 15 is 0 Å². The summed E-state index contributed by atoms with van der Waals surface area (Å²) in [6.45, 7) is 7.68. The summed E-state index contributed by atoms with van der Waals surface area (Å²) in [6.07, 6.45) is 1.24. The summed E-state index contributed by atoms with van der Waals surface area (Å²) in [6, 6.07) is 8.02. The van der Waals surface area contributed by atoms with E-state index in [1.165, 1.54) is 5.56 Å². The van der Waals surface area contributed by atoms with Crippen LogP contribution in [0.4, 0.5) is 0 Å². The monoisotopic (exact) mass is 288 g/mol. The van der Waals surface area contributed by atoms with E-state index in [-0.39, 0.29) is 17.9 Å². The third-order valence-corrected chi connectivity index (χ3v) is 4.30. The van der Waals surface area contributed by atoms with Crippen LogP contribution in [0.25, 0.3) is 0 Å². The number of nitrogens with zero attached hydrogens (tertiary/aromatic N) is 2. The lowest BCUT2D eigenvalue weighted by molar-refractivity contribution is -0.136. The fraction of sp³-hybridized carbons (Fsp3) is 0.529. The lowest BCUT2D eigenvalue weighted by atomic mass is 9.90. The molecule has 1 aliphatic rings. The molecule has 0 spiro atoms. The fourth-order valence-corrected chi connectivity index (χ4v) is 3.12. The molecule has 0 N–H and O–H groups in total. The predicted octanol–water partition coefficient (Wildman–Crippen LogP) is 2.39. The first-order valence-electron chi connectivity index (χ1n) is 7.71. The Morgan fingerprint density at radius 1 is 1.24 bits per heavy atom. The number of hydrogen-bond donors (Lipinski definition) is 0. The predicted molar refractivity (Wildman–Crippen MR) is 82.8 cm³/mol. The van der Waals surface area contributed by atoms with Crippen LogP contribution in [-0.2, 0) is 16.0 Å². The summed E-state index contributed by atoms with van der Waals surface area (Å²) in [7, 11) is 0. The summed E-state index contributed by atoms with van der Waals surface area (Å²) in [5, 5.41) is 0. The molecule has 4 heteroatoms. The zero-order valence-electron chi connectivity index (χ0n) is 13.1. The molecule has 1 aliphatic heterocycles. The van der Waals surface area contributed by atoms with Crippen molar-refractivity contribution in [1.82, 2.24) is 9.80 Å². The van der Waals surface area contributed by atoms with Gasteiger partial charge in [-0.3, -0.25) is 9.59 Å². The van der Waals surface area contributed by atoms with Gasteiger partial charge in [-0.2, -0.15) is 0 Å². The van der Waals surface area contributed by atoms with E-state index in [0.717, 1.165) is 12.0 Å². The Morgan fingerprint density at radius 3 is 2.52 bits per heavy atom. The third kappa shape index (κ3) is 3.26. The van der Waals surface area contributed by atoms with Crippen molar-refractivity contribution in [3.05, 3.63) is 35.4 Å². The lowest BCUT2D eigenvalue weighted by Gasteiger charge is -2.37. The van der Waals surface area contributed by atoms with E-state index < -0.39 is 0 Å². The number of carbonyl (C=O) groups is 2. The number of amides is 2. The molecule has 1 aromatic rings. The van der Waals surface area contributed by atoms with Crippen molar-refractivity contribution < 1.29 is 9.59 Å². The molecule has 0 bridgehead atoms. The number of rotatable bonds is 4. The molecule has 0 aromatic heterocycles. The molecule has 1 atom stereocenters. The molecule has 2 amide bonds. The first kappa shape index (κ1) is 15.5. The van der Waals surface area contributed by atoms with Crippen molar-refractivity contribution in [2.45, 2.75) is 39.7 Å². The summed E-state index contributed by atoms with van der Waals surface area (Å²) in [4.78, 5) is 28.0. The Morgan fingerprint density at radius 2 is 1.90 bits per heavy atom. The number of fused-ring (bicyclic) bond motifs is 1. The second-order valence-electron chi connectivity index (χ2n) is 5.45. The Kier molecular flexibility index (Phi) is 4.99. The van der Waals surface area contributed by atoms with Crippen molar-refractivity contribution >= 4 is 11.8 Å². The molecular weight excluding hydrogens is 264 g/mol. The van der Waals surface area contributed by atoms with Gasteiger partial charge in [-0.05, 0) is 31.4 Å². The Bertz CT molecular complexity index is 523. The van der Waals surface area contributed by atoms with Crippen LogP contribution in [0.3, 0.4) is 0 Å². The van der Waals surface area contributed by atoms with Crippen LogP contribution in [0.15, 0.2) is 24.3 Å². The largest absolute Gasteiger partial charge is 0.343 e. The summed E-state index contributed by atoms with van der Waals surface area (Å²) in [5.41, 5.74) is 2.38. The van der Waals surface area contributed by atoms with Gasteiger partial charge in [0.25, 0.3) is 0 Å². The van der Waals surface area contributed by atoms with Crippen LogP contribution in [0.1, 0.15) is 44.4 Å². The normalized spacial score (nSPS) is 17.3. The van der Waals surface area contributed by atoms with Gasteiger partial charge in [-0.15, -0.1) is 0 Å². The molecule has 2 rings (SSSR count). The average molecular weight is 288 g/mol. The van der Waals surface area contributed by atoms with Crippen LogP contribution < -0.4 is 0 Å². The van der Waals surface area contributed by atoms with E-state index in [2.05, 4.69) is 6.07 Å². The summed E-state index contributed by atoms with van der Waals surface area (Å²) >= 11 is 0. The van der Waals surface area contributed by atoms with E-state index in [9.17, 15) is 9.59 Å². The van der Waals surface area contributed by atoms with Gasteiger partial charge in [0, 0.05) is 26.6 Å². The maximum Gasteiger partial charge on any atom is 0.224 e. The molecule has 4 nitrogen and oxygen atoms in total. The zero-order valence-corrected chi connectivity index (χ0v) is 13.1. The van der Waals surface area contributed by atoms with Gasteiger partial charge in [0.2, 0.25) is 11.8 Å². The van der Waals surface area contributed by atoms with Gasteiger partial charge >= 0.3 is 0 Å². The van der Waals surface area contributed by atoms with Gasteiger partial charge < -0.3 is 9.80 Å². The minimum absolute atomic E-state index is 0.0434. The fourth-order valence-electron chi connectivity index (χ4n) is 3.12. The quantitative estimate of drug-likeness (QED) is 0.853.